The first-order chi connectivity index (χ1) is 21.0. The lowest BCUT2D eigenvalue weighted by Gasteiger charge is -2.63. The molecule has 4 saturated carbocycles. The second-order valence-electron chi connectivity index (χ2n) is 14.5. The van der Waals surface area contributed by atoms with Crippen LogP contribution in [0.3, 0.4) is 0 Å². The van der Waals surface area contributed by atoms with Crippen molar-refractivity contribution in [3.63, 3.8) is 0 Å². The van der Waals surface area contributed by atoms with Crippen molar-refractivity contribution in [3.8, 4) is 0 Å². The summed E-state index contributed by atoms with van der Waals surface area (Å²) < 4.78 is 104. The molecule has 4 rings (SSSR count). The van der Waals surface area contributed by atoms with Crippen molar-refractivity contribution in [2.45, 2.75) is 121 Å². The van der Waals surface area contributed by atoms with Crippen molar-refractivity contribution >= 4 is 22.1 Å². The summed E-state index contributed by atoms with van der Waals surface area (Å²) in [5, 5.41) is 27.5. The Kier molecular flexibility index (Phi) is 10.5. The maximum absolute atomic E-state index is 13.6. The number of aliphatic hydroxyl groups is 3. The molecule has 16 heteroatoms. The van der Waals surface area contributed by atoms with Crippen molar-refractivity contribution in [1.29, 1.82) is 0 Å². The van der Waals surface area contributed by atoms with Gasteiger partial charge in [-0.2, -0.15) is 30.4 Å². The van der Waals surface area contributed by atoms with E-state index in [9.17, 15) is 55.3 Å². The van der Waals surface area contributed by atoms with Gasteiger partial charge in [-0.25, -0.2) is 0 Å². The first-order valence-corrected chi connectivity index (χ1v) is 17.3. The molecule has 12 atom stereocenters. The Bertz CT molecular complexity index is 1250. The highest BCUT2D eigenvalue weighted by molar-refractivity contribution is 7.86. The Labute approximate surface area is 265 Å². The molecule has 0 aliphatic heterocycles. The Morgan fingerprint density at radius 1 is 0.935 bits per heavy atom. The first-order valence-electron chi connectivity index (χ1n) is 15.9. The Morgan fingerprint density at radius 2 is 1.59 bits per heavy atom. The molecular weight excluding hydrogens is 647 g/mol. The summed E-state index contributed by atoms with van der Waals surface area (Å²) in [5.74, 6) is -2.37. The maximum Gasteiger partial charge on any atom is 0.432 e. The van der Waals surface area contributed by atoms with Crippen LogP contribution < -0.4 is 0 Å². The van der Waals surface area contributed by atoms with Crippen LogP contribution in [0.5, 0.6) is 0 Å². The molecule has 0 bridgehead atoms. The number of alkyl halides is 5. The van der Waals surface area contributed by atoms with E-state index in [1.54, 1.807) is 0 Å². The topological polar surface area (TPSA) is 168 Å². The van der Waals surface area contributed by atoms with Crippen LogP contribution in [-0.4, -0.2) is 82.7 Å². The molecule has 0 aromatic rings. The molecule has 0 heterocycles. The van der Waals surface area contributed by atoms with Crippen molar-refractivity contribution in [2.24, 2.45) is 46.3 Å². The van der Waals surface area contributed by atoms with E-state index in [2.05, 4.69) is 18.6 Å². The van der Waals surface area contributed by atoms with Gasteiger partial charge in [0, 0.05) is 6.42 Å². The fourth-order valence-corrected chi connectivity index (χ4v) is 10.1. The highest BCUT2D eigenvalue weighted by atomic mass is 32.2. The monoisotopic (exact) mass is 692 g/mol. The third-order valence-electron chi connectivity index (χ3n) is 12.1. The zero-order chi connectivity index (χ0) is 34.6. The predicted octanol–water partition coefficient (Wildman–Crippen LogP) is 4.25. The molecule has 0 radical (unpaired) electrons. The first kappa shape index (κ1) is 37.2. The zero-order valence-electron chi connectivity index (χ0n) is 26.1. The summed E-state index contributed by atoms with van der Waals surface area (Å²) in [6.45, 7) is 5.44. The summed E-state index contributed by atoms with van der Waals surface area (Å²) in [6.07, 6.45) is -7.93. The number of esters is 2. The average molecular weight is 693 g/mol. The van der Waals surface area contributed by atoms with Gasteiger partial charge in [-0.1, -0.05) is 20.8 Å². The van der Waals surface area contributed by atoms with Gasteiger partial charge in [0.2, 0.25) is 0 Å². The van der Waals surface area contributed by atoms with E-state index in [-0.39, 0.29) is 53.4 Å². The summed E-state index contributed by atoms with van der Waals surface area (Å²) in [5.41, 5.74) is -0.581. The van der Waals surface area contributed by atoms with Gasteiger partial charge < -0.3 is 24.8 Å². The number of aliphatic hydroxyl groups excluding tert-OH is 3. The normalized spacial score (nSPS) is 39.4. The minimum Gasteiger partial charge on any atom is -0.465 e. The van der Waals surface area contributed by atoms with Gasteiger partial charge in [0.15, 0.2) is 0 Å². The van der Waals surface area contributed by atoms with E-state index >= 15 is 0 Å². The van der Waals surface area contributed by atoms with E-state index in [0.29, 0.717) is 32.1 Å². The van der Waals surface area contributed by atoms with Gasteiger partial charge in [-0.05, 0) is 97.7 Å². The number of hydrogen-bond acceptors (Lipinski definition) is 9. The summed E-state index contributed by atoms with van der Waals surface area (Å²) >= 11 is 0. The zero-order valence-corrected chi connectivity index (χ0v) is 26.9. The smallest absolute Gasteiger partial charge is 0.432 e. The van der Waals surface area contributed by atoms with Crippen LogP contribution in [0, 0.1) is 46.3 Å². The van der Waals surface area contributed by atoms with Crippen LogP contribution in [-0.2, 0) is 29.2 Å². The minimum atomic E-state index is -6.57. The summed E-state index contributed by atoms with van der Waals surface area (Å²) in [6, 6.07) is 0. The third-order valence-corrected chi connectivity index (χ3v) is 13.0. The number of hydrogen-bond donors (Lipinski definition) is 4. The molecule has 4 fully saturated rings. The van der Waals surface area contributed by atoms with Crippen LogP contribution in [0.2, 0.25) is 0 Å². The van der Waals surface area contributed by atoms with E-state index in [1.165, 1.54) is 0 Å². The molecule has 0 spiro atoms. The van der Waals surface area contributed by atoms with Crippen LogP contribution in [0.25, 0.3) is 0 Å². The molecule has 2 unspecified atom stereocenters. The number of ether oxygens (including phenoxy) is 2. The third kappa shape index (κ3) is 6.79. The molecular formula is C30H45F5O10S. The molecule has 0 aromatic carbocycles. The van der Waals surface area contributed by atoms with Crippen molar-refractivity contribution in [1.82, 2.24) is 0 Å². The number of carbonyl (C=O) groups excluding carboxylic acids is 2. The van der Waals surface area contributed by atoms with Crippen molar-refractivity contribution in [3.05, 3.63) is 0 Å². The molecule has 4 aliphatic carbocycles. The van der Waals surface area contributed by atoms with Crippen LogP contribution in [0.15, 0.2) is 0 Å². The van der Waals surface area contributed by atoms with Gasteiger partial charge in [-0.15, -0.1) is 0 Å². The van der Waals surface area contributed by atoms with Gasteiger partial charge in [0.25, 0.3) is 6.10 Å². The Hall–Kier alpha value is -1.62. The maximum atomic E-state index is 13.6. The van der Waals surface area contributed by atoms with Gasteiger partial charge >= 0.3 is 33.5 Å². The standard InChI is InChI=1S/C30H45F5O10S/c1-15(4-7-23(39)44-11-9-24(40)45-26(29(31,32)33)30(34,35)46(41,42)43)18-5-6-19-25-20(14-22(38)28(18,19)3)27(2)10-8-17(36)12-16(27)13-21(25)37/h15-22,25-26,36-38H,4-14H2,1-3H3,(H,41,42,43)/t15-,16?,17-,18-,19+,20+,21-,22+,25+,26?,27+,28-/m1/s1. The van der Waals surface area contributed by atoms with Gasteiger partial charge in [-0.3, -0.25) is 14.1 Å². The summed E-state index contributed by atoms with van der Waals surface area (Å²) in [4.78, 5) is 24.1. The Morgan fingerprint density at radius 3 is 2.20 bits per heavy atom. The number of carbonyl (C=O) groups is 2. The lowest BCUT2D eigenvalue weighted by atomic mass is 9.43. The molecule has 0 aromatic heterocycles. The average Bonchev–Trinajstić information content (AvgIpc) is 3.29. The largest absolute Gasteiger partial charge is 0.465 e. The Balaban J connectivity index is 1.31. The molecule has 0 amide bonds. The predicted molar refractivity (Wildman–Crippen MR) is 150 cm³/mol. The van der Waals surface area contributed by atoms with E-state index < -0.39 is 70.2 Å². The molecule has 4 aliphatic rings. The fourth-order valence-electron chi connectivity index (χ4n) is 9.65. The highest BCUT2D eigenvalue weighted by Gasteiger charge is 2.67. The second kappa shape index (κ2) is 13.0. The quantitative estimate of drug-likeness (QED) is 0.148. The van der Waals surface area contributed by atoms with Crippen LogP contribution in [0.4, 0.5) is 22.0 Å². The fraction of sp³-hybridized carbons (Fsp3) is 0.933. The van der Waals surface area contributed by atoms with Crippen molar-refractivity contribution in [2.75, 3.05) is 6.61 Å². The number of halogens is 5. The lowest BCUT2D eigenvalue weighted by Crippen LogP contribution is -2.62. The molecule has 0 saturated heterocycles. The number of rotatable bonds is 10. The second-order valence-corrected chi connectivity index (χ2v) is 16.0. The number of fused-ring (bicyclic) bond motifs is 5. The highest BCUT2D eigenvalue weighted by Crippen LogP contribution is 2.68. The minimum absolute atomic E-state index is 0.0150. The molecule has 10 nitrogen and oxygen atoms in total. The van der Waals surface area contributed by atoms with Gasteiger partial charge in [0.1, 0.15) is 6.61 Å². The van der Waals surface area contributed by atoms with Gasteiger partial charge in [0.05, 0.1) is 24.7 Å². The molecule has 46 heavy (non-hydrogen) atoms. The van der Waals surface area contributed by atoms with Crippen LogP contribution >= 0.6 is 0 Å². The molecule has 266 valence electrons. The van der Waals surface area contributed by atoms with E-state index in [0.717, 1.165) is 19.3 Å². The van der Waals surface area contributed by atoms with E-state index in [4.69, 9.17) is 9.29 Å². The van der Waals surface area contributed by atoms with E-state index in [1.807, 2.05) is 6.92 Å². The van der Waals surface area contributed by atoms with Crippen molar-refractivity contribution < 1.29 is 69.3 Å². The van der Waals surface area contributed by atoms with Crippen LogP contribution in [0.1, 0.15) is 85.0 Å². The summed E-state index contributed by atoms with van der Waals surface area (Å²) in [7, 11) is -6.57. The SMILES string of the molecule is C[C@H](CCC(=O)OCCC(=O)OC(C(F)(F)F)C(F)(F)S(=O)(=O)O)[C@H]1CC[C@H]2[C@@H]3[C@H](O)CC4C[C@H](O)CC[C@]4(C)[C@H]3C[C@H](O)[C@]12C. The lowest BCUT2D eigenvalue weighted by molar-refractivity contribution is -0.259. The molecule has 4 N–H and O–H groups in total.